The summed E-state index contributed by atoms with van der Waals surface area (Å²) in [5, 5.41) is 4.69. The molecule has 2 aromatic carbocycles. The van der Waals surface area contributed by atoms with E-state index < -0.39 is 24.8 Å². The van der Waals surface area contributed by atoms with E-state index in [1.807, 2.05) is 24.3 Å². The number of aromatic nitrogens is 1. The van der Waals surface area contributed by atoms with Crippen molar-refractivity contribution in [3.63, 3.8) is 0 Å². The molecule has 0 atom stereocenters. The number of oxazole rings is 1. The quantitative estimate of drug-likeness (QED) is 0.641. The van der Waals surface area contributed by atoms with Crippen molar-refractivity contribution in [2.24, 2.45) is 0 Å². The van der Waals surface area contributed by atoms with Gasteiger partial charge in [0.05, 0.1) is 0 Å². The van der Waals surface area contributed by atoms with Gasteiger partial charge in [0.2, 0.25) is 11.8 Å². The van der Waals surface area contributed by atoms with Gasteiger partial charge >= 0.3 is 12.3 Å². The topological polar surface area (TPSA) is 93.5 Å². The van der Waals surface area contributed by atoms with Gasteiger partial charge in [-0.15, -0.1) is 0 Å². The first kappa shape index (κ1) is 20.2. The van der Waals surface area contributed by atoms with Crippen LogP contribution in [0.3, 0.4) is 0 Å². The second kappa shape index (κ2) is 8.63. The Hall–Kier alpha value is -3.56. The smallest absolute Gasteiger partial charge is 0.422 e. The highest BCUT2D eigenvalue weighted by molar-refractivity contribution is 5.91. The third-order valence-corrected chi connectivity index (χ3v) is 3.70. The van der Waals surface area contributed by atoms with Gasteiger partial charge in [0, 0.05) is 24.2 Å². The van der Waals surface area contributed by atoms with Crippen molar-refractivity contribution in [1.82, 2.24) is 10.3 Å². The Balaban J connectivity index is 1.47. The zero-order valence-corrected chi connectivity index (χ0v) is 15.0. The Labute approximate surface area is 162 Å². The number of alkyl carbamates (subject to hydrolysis) is 1. The predicted octanol–water partition coefficient (Wildman–Crippen LogP) is 4.11. The summed E-state index contributed by atoms with van der Waals surface area (Å²) in [6.07, 6.45) is -5.97. The van der Waals surface area contributed by atoms with Crippen LogP contribution in [0.4, 0.5) is 23.7 Å². The van der Waals surface area contributed by atoms with Crippen LogP contribution in [0.15, 0.2) is 52.9 Å². The number of alkyl halides is 3. The van der Waals surface area contributed by atoms with Gasteiger partial charge in [0.25, 0.3) is 0 Å². The summed E-state index contributed by atoms with van der Waals surface area (Å²) in [6, 6.07) is 14.1. The predicted molar refractivity (Wildman–Crippen MR) is 98.1 cm³/mol. The molecule has 3 aromatic rings. The number of ether oxygens (including phenoxy) is 1. The number of hydrogen-bond acceptors (Lipinski definition) is 5. The lowest BCUT2D eigenvalue weighted by atomic mass is 10.2. The molecule has 152 valence electrons. The van der Waals surface area contributed by atoms with Crippen LogP contribution in [-0.2, 0) is 9.53 Å². The van der Waals surface area contributed by atoms with E-state index in [2.05, 4.69) is 20.4 Å². The van der Waals surface area contributed by atoms with Gasteiger partial charge in [-0.25, -0.2) is 9.78 Å². The normalized spacial score (nSPS) is 11.3. The van der Waals surface area contributed by atoms with Gasteiger partial charge < -0.3 is 19.8 Å². The van der Waals surface area contributed by atoms with Crippen molar-refractivity contribution in [2.75, 3.05) is 18.5 Å². The molecule has 0 fully saturated rings. The molecule has 0 bridgehead atoms. The van der Waals surface area contributed by atoms with E-state index >= 15 is 0 Å². The molecule has 0 unspecified atom stereocenters. The van der Waals surface area contributed by atoms with Crippen LogP contribution in [0.5, 0.6) is 0 Å². The molecule has 0 aliphatic rings. The number of nitrogens with zero attached hydrogens (tertiary/aromatic N) is 1. The van der Waals surface area contributed by atoms with Gasteiger partial charge in [-0.3, -0.25) is 4.79 Å². The first-order chi connectivity index (χ1) is 13.8. The van der Waals surface area contributed by atoms with Gasteiger partial charge in [0.15, 0.2) is 12.2 Å². The Morgan fingerprint density at radius 2 is 1.79 bits per heavy atom. The fourth-order valence-electron chi connectivity index (χ4n) is 2.39. The number of nitrogens with one attached hydrogen (secondary N) is 2. The van der Waals surface area contributed by atoms with E-state index in [0.717, 1.165) is 11.1 Å². The lowest BCUT2D eigenvalue weighted by Gasteiger charge is -2.09. The van der Waals surface area contributed by atoms with Gasteiger partial charge in [-0.1, -0.05) is 12.1 Å². The molecule has 29 heavy (non-hydrogen) atoms. The molecule has 7 nitrogen and oxygen atoms in total. The number of amides is 2. The summed E-state index contributed by atoms with van der Waals surface area (Å²) in [7, 11) is 0. The van der Waals surface area contributed by atoms with Gasteiger partial charge in [0.1, 0.15) is 5.52 Å². The number of para-hydroxylation sites is 2. The van der Waals surface area contributed by atoms with Crippen LogP contribution in [0.1, 0.15) is 6.42 Å². The molecular formula is C19H16F3N3O4. The van der Waals surface area contributed by atoms with Gasteiger partial charge in [-0.05, 0) is 36.4 Å². The molecule has 2 amide bonds. The minimum atomic E-state index is -4.60. The molecule has 0 aliphatic carbocycles. The summed E-state index contributed by atoms with van der Waals surface area (Å²) in [6.45, 7) is -1.85. The first-order valence-electron chi connectivity index (χ1n) is 8.53. The Bertz CT molecular complexity index is 967. The second-order valence-electron chi connectivity index (χ2n) is 5.98. The summed E-state index contributed by atoms with van der Waals surface area (Å²) in [5.41, 5.74) is 2.64. The van der Waals surface area contributed by atoms with Crippen molar-refractivity contribution in [2.45, 2.75) is 12.6 Å². The zero-order chi connectivity index (χ0) is 20.9. The van der Waals surface area contributed by atoms with E-state index in [0.29, 0.717) is 17.2 Å². The fraction of sp³-hybridized carbons (Fsp3) is 0.211. The van der Waals surface area contributed by atoms with Crippen molar-refractivity contribution >= 4 is 28.8 Å². The van der Waals surface area contributed by atoms with Crippen LogP contribution in [-0.4, -0.2) is 36.3 Å². The highest BCUT2D eigenvalue weighted by atomic mass is 19.4. The molecular weight excluding hydrogens is 391 g/mol. The van der Waals surface area contributed by atoms with Crippen molar-refractivity contribution in [1.29, 1.82) is 0 Å². The highest BCUT2D eigenvalue weighted by Crippen LogP contribution is 2.25. The van der Waals surface area contributed by atoms with Crippen molar-refractivity contribution < 1.29 is 31.9 Å². The SMILES string of the molecule is O=C(CCNC(=O)OCC(F)(F)F)Nc1ccc(-c2nc3ccccc3o2)cc1. The maximum Gasteiger partial charge on any atom is 0.422 e. The van der Waals surface area contributed by atoms with E-state index in [-0.39, 0.29) is 13.0 Å². The summed E-state index contributed by atoms with van der Waals surface area (Å²) in [4.78, 5) is 27.3. The number of anilines is 1. The van der Waals surface area contributed by atoms with Crippen LogP contribution >= 0.6 is 0 Å². The van der Waals surface area contributed by atoms with Gasteiger partial charge in [-0.2, -0.15) is 13.2 Å². The van der Waals surface area contributed by atoms with Crippen LogP contribution in [0, 0.1) is 0 Å². The Morgan fingerprint density at radius 1 is 1.07 bits per heavy atom. The molecule has 0 spiro atoms. The van der Waals surface area contributed by atoms with E-state index in [4.69, 9.17) is 4.42 Å². The lowest BCUT2D eigenvalue weighted by Crippen LogP contribution is -2.31. The minimum absolute atomic E-state index is 0.131. The minimum Gasteiger partial charge on any atom is -0.440 e. The fourth-order valence-corrected chi connectivity index (χ4v) is 2.39. The number of rotatable bonds is 6. The molecule has 0 saturated heterocycles. The van der Waals surface area contributed by atoms with Crippen molar-refractivity contribution in [3.8, 4) is 11.5 Å². The number of benzene rings is 2. The van der Waals surface area contributed by atoms with Crippen LogP contribution < -0.4 is 10.6 Å². The third-order valence-electron chi connectivity index (χ3n) is 3.70. The highest BCUT2D eigenvalue weighted by Gasteiger charge is 2.29. The monoisotopic (exact) mass is 407 g/mol. The summed E-state index contributed by atoms with van der Waals surface area (Å²) < 4.78 is 45.4. The average molecular weight is 407 g/mol. The van der Waals surface area contributed by atoms with E-state index in [1.54, 1.807) is 24.3 Å². The largest absolute Gasteiger partial charge is 0.440 e. The Kier molecular flexibility index (Phi) is 6.01. The summed E-state index contributed by atoms with van der Waals surface area (Å²) >= 11 is 0. The molecule has 2 N–H and O–H groups in total. The molecule has 1 aromatic heterocycles. The molecule has 0 radical (unpaired) electrons. The number of halogens is 3. The summed E-state index contributed by atoms with van der Waals surface area (Å²) in [5.74, 6) is 0.0291. The second-order valence-corrected chi connectivity index (χ2v) is 5.98. The maximum absolute atomic E-state index is 11.9. The van der Waals surface area contributed by atoms with Crippen molar-refractivity contribution in [3.05, 3.63) is 48.5 Å². The molecule has 0 aliphatic heterocycles. The molecule has 0 saturated carbocycles. The van der Waals surface area contributed by atoms with E-state index in [9.17, 15) is 22.8 Å². The van der Waals surface area contributed by atoms with Crippen LogP contribution in [0.2, 0.25) is 0 Å². The Morgan fingerprint density at radius 3 is 2.48 bits per heavy atom. The average Bonchev–Trinajstić information content (AvgIpc) is 3.10. The molecule has 10 heteroatoms. The van der Waals surface area contributed by atoms with Crippen LogP contribution in [0.25, 0.3) is 22.6 Å². The standard InChI is InChI=1S/C19H16F3N3O4/c20-19(21,22)11-28-18(27)23-10-9-16(26)24-13-7-5-12(6-8-13)17-25-14-3-1-2-4-15(14)29-17/h1-8H,9-11H2,(H,23,27)(H,24,26). The zero-order valence-electron chi connectivity index (χ0n) is 15.0. The number of fused-ring (bicyclic) bond motifs is 1. The molecule has 1 heterocycles. The lowest BCUT2D eigenvalue weighted by molar-refractivity contribution is -0.160. The number of carbonyl (C=O) groups excluding carboxylic acids is 2. The molecule has 3 rings (SSSR count). The van der Waals surface area contributed by atoms with E-state index in [1.165, 1.54) is 0 Å². The third kappa shape index (κ3) is 5.96. The first-order valence-corrected chi connectivity index (χ1v) is 8.53. The number of carbonyl (C=O) groups is 2. The number of hydrogen-bond donors (Lipinski definition) is 2. The maximum atomic E-state index is 11.9.